The van der Waals surface area contributed by atoms with Crippen molar-refractivity contribution < 1.29 is 0 Å². The van der Waals surface area contributed by atoms with Gasteiger partial charge in [-0.2, -0.15) is 0 Å². The second-order valence-corrected chi connectivity index (χ2v) is 5.39. The number of piperidine rings is 1. The molecule has 1 aliphatic heterocycles. The molecule has 1 unspecified atom stereocenters. The van der Waals surface area contributed by atoms with Gasteiger partial charge < -0.3 is 10.2 Å². The van der Waals surface area contributed by atoms with Crippen molar-refractivity contribution in [2.75, 3.05) is 26.7 Å². The molecule has 0 amide bonds. The van der Waals surface area contributed by atoms with Crippen molar-refractivity contribution in [3.63, 3.8) is 0 Å². The molecule has 1 heterocycles. The van der Waals surface area contributed by atoms with Crippen LogP contribution in [0.15, 0.2) is 0 Å². The van der Waals surface area contributed by atoms with E-state index in [0.717, 1.165) is 12.0 Å². The summed E-state index contributed by atoms with van der Waals surface area (Å²) in [4.78, 5) is 2.70. The average molecular weight is 210 g/mol. The third-order valence-corrected chi connectivity index (χ3v) is 4.15. The zero-order valence-electron chi connectivity index (χ0n) is 10.2. The zero-order chi connectivity index (χ0) is 10.5. The Bertz CT molecular complexity index is 175. The van der Waals surface area contributed by atoms with E-state index in [1.54, 1.807) is 0 Å². The number of nitrogens with zero attached hydrogens (tertiary/aromatic N) is 1. The first kappa shape index (κ1) is 11.4. The molecule has 1 atom stereocenters. The van der Waals surface area contributed by atoms with Crippen LogP contribution in [0.2, 0.25) is 0 Å². The molecule has 15 heavy (non-hydrogen) atoms. The van der Waals surface area contributed by atoms with Crippen LogP contribution in [-0.4, -0.2) is 37.6 Å². The van der Waals surface area contributed by atoms with Gasteiger partial charge in [0.05, 0.1) is 0 Å². The summed E-state index contributed by atoms with van der Waals surface area (Å²) in [7, 11) is 2.11. The van der Waals surface area contributed by atoms with Crippen LogP contribution in [0.1, 0.15) is 44.9 Å². The quantitative estimate of drug-likeness (QED) is 0.768. The molecule has 2 fully saturated rings. The Morgan fingerprint density at radius 3 is 2.60 bits per heavy atom. The summed E-state index contributed by atoms with van der Waals surface area (Å²) in [6.45, 7) is 4.00. The minimum atomic E-state index is 0.752. The van der Waals surface area contributed by atoms with Crippen molar-refractivity contribution in [3.05, 3.63) is 0 Å². The van der Waals surface area contributed by atoms with E-state index in [9.17, 15) is 0 Å². The maximum absolute atomic E-state index is 3.43. The number of likely N-dealkylation sites (N-methyl/N-ethyl adjacent to an activating group) is 1. The molecule has 2 nitrogen and oxygen atoms in total. The lowest BCUT2D eigenvalue weighted by molar-refractivity contribution is 0.153. The van der Waals surface area contributed by atoms with E-state index in [-0.39, 0.29) is 0 Å². The first-order valence-corrected chi connectivity index (χ1v) is 6.78. The molecule has 1 N–H and O–H groups in total. The third kappa shape index (κ3) is 3.46. The fourth-order valence-corrected chi connectivity index (χ4v) is 3.19. The number of hydrogen-bond acceptors (Lipinski definition) is 2. The molecule has 1 aliphatic carbocycles. The molecule has 0 aromatic heterocycles. The topological polar surface area (TPSA) is 15.3 Å². The molecule has 0 spiro atoms. The van der Waals surface area contributed by atoms with Gasteiger partial charge in [0.2, 0.25) is 0 Å². The van der Waals surface area contributed by atoms with E-state index < -0.39 is 0 Å². The maximum Gasteiger partial charge on any atom is 0.0192 e. The first-order chi connectivity index (χ1) is 7.38. The van der Waals surface area contributed by atoms with Crippen LogP contribution >= 0.6 is 0 Å². The summed E-state index contributed by atoms with van der Waals surface area (Å²) >= 11 is 0. The fraction of sp³-hybridized carbons (Fsp3) is 1.00. The second kappa shape index (κ2) is 5.86. The molecule has 0 aromatic rings. The number of likely N-dealkylation sites (tertiary alicyclic amines) is 1. The lowest BCUT2D eigenvalue weighted by atomic mass is 9.88. The first-order valence-electron chi connectivity index (χ1n) is 6.78. The number of nitrogens with one attached hydrogen (secondary N) is 1. The fourth-order valence-electron chi connectivity index (χ4n) is 3.19. The average Bonchev–Trinajstić information content (AvgIpc) is 2.31. The van der Waals surface area contributed by atoms with Gasteiger partial charge in [-0.25, -0.2) is 0 Å². The van der Waals surface area contributed by atoms with Crippen LogP contribution in [0.4, 0.5) is 0 Å². The van der Waals surface area contributed by atoms with Crippen molar-refractivity contribution >= 4 is 0 Å². The molecule has 1 saturated carbocycles. The van der Waals surface area contributed by atoms with Gasteiger partial charge in [-0.1, -0.05) is 19.3 Å². The summed E-state index contributed by atoms with van der Waals surface area (Å²) in [5, 5.41) is 3.43. The summed E-state index contributed by atoms with van der Waals surface area (Å²) in [5.41, 5.74) is 0. The van der Waals surface area contributed by atoms with E-state index >= 15 is 0 Å². The standard InChI is InChI=1S/C13H26N2/c1-14-13-8-5-9-15(11-13)10-12-6-3-2-4-7-12/h12-14H,2-11H2,1H3. The largest absolute Gasteiger partial charge is 0.316 e. The van der Waals surface area contributed by atoms with E-state index in [4.69, 9.17) is 0 Å². The van der Waals surface area contributed by atoms with E-state index in [2.05, 4.69) is 17.3 Å². The van der Waals surface area contributed by atoms with Crippen molar-refractivity contribution in [1.29, 1.82) is 0 Å². The lowest BCUT2D eigenvalue weighted by Gasteiger charge is -2.35. The third-order valence-electron chi connectivity index (χ3n) is 4.15. The molecule has 2 aliphatic rings. The van der Waals surface area contributed by atoms with Gasteiger partial charge in [-0.15, -0.1) is 0 Å². The predicted molar refractivity (Wildman–Crippen MR) is 65.1 cm³/mol. The van der Waals surface area contributed by atoms with Crippen molar-refractivity contribution in [1.82, 2.24) is 10.2 Å². The van der Waals surface area contributed by atoms with Gasteiger partial charge >= 0.3 is 0 Å². The van der Waals surface area contributed by atoms with Crippen LogP contribution in [0, 0.1) is 5.92 Å². The highest BCUT2D eigenvalue weighted by Crippen LogP contribution is 2.25. The van der Waals surface area contributed by atoms with Gasteiger partial charge in [0, 0.05) is 19.1 Å². The highest BCUT2D eigenvalue weighted by atomic mass is 15.2. The second-order valence-electron chi connectivity index (χ2n) is 5.39. The molecule has 2 rings (SSSR count). The molecule has 0 aromatic carbocycles. The van der Waals surface area contributed by atoms with Gasteiger partial charge in [0.1, 0.15) is 0 Å². The van der Waals surface area contributed by atoms with Gasteiger partial charge in [0.15, 0.2) is 0 Å². The van der Waals surface area contributed by atoms with E-state index in [1.165, 1.54) is 64.6 Å². The Labute approximate surface area is 94.4 Å². The Hall–Kier alpha value is -0.0800. The summed E-state index contributed by atoms with van der Waals surface area (Å²) in [6.07, 6.45) is 10.2. The molecular weight excluding hydrogens is 184 g/mol. The summed E-state index contributed by atoms with van der Waals surface area (Å²) in [5.74, 6) is 1.01. The number of hydrogen-bond donors (Lipinski definition) is 1. The van der Waals surface area contributed by atoms with Crippen molar-refractivity contribution in [2.24, 2.45) is 5.92 Å². The molecule has 0 bridgehead atoms. The van der Waals surface area contributed by atoms with Crippen molar-refractivity contribution in [3.8, 4) is 0 Å². The van der Waals surface area contributed by atoms with Gasteiger partial charge in [-0.05, 0) is 45.2 Å². The SMILES string of the molecule is CNC1CCCN(CC2CCCCC2)C1. The summed E-state index contributed by atoms with van der Waals surface area (Å²) in [6, 6.07) is 0.752. The minimum absolute atomic E-state index is 0.752. The van der Waals surface area contributed by atoms with E-state index in [0.29, 0.717) is 0 Å². The molecule has 88 valence electrons. The maximum atomic E-state index is 3.43. The Balaban J connectivity index is 1.72. The smallest absolute Gasteiger partial charge is 0.0192 e. The zero-order valence-corrected chi connectivity index (χ0v) is 10.2. The minimum Gasteiger partial charge on any atom is -0.316 e. The van der Waals surface area contributed by atoms with Gasteiger partial charge in [0.25, 0.3) is 0 Å². The summed E-state index contributed by atoms with van der Waals surface area (Å²) < 4.78 is 0. The van der Waals surface area contributed by atoms with Crippen LogP contribution in [0.25, 0.3) is 0 Å². The van der Waals surface area contributed by atoms with Crippen LogP contribution in [-0.2, 0) is 0 Å². The number of rotatable bonds is 3. The normalized spacial score (nSPS) is 30.6. The monoisotopic (exact) mass is 210 g/mol. The van der Waals surface area contributed by atoms with Gasteiger partial charge in [-0.3, -0.25) is 0 Å². The molecular formula is C13H26N2. The molecule has 1 saturated heterocycles. The van der Waals surface area contributed by atoms with E-state index in [1.807, 2.05) is 0 Å². The Morgan fingerprint density at radius 1 is 1.07 bits per heavy atom. The lowest BCUT2D eigenvalue weighted by Crippen LogP contribution is -2.46. The van der Waals surface area contributed by atoms with Crippen molar-refractivity contribution in [2.45, 2.75) is 51.0 Å². The Morgan fingerprint density at radius 2 is 1.87 bits per heavy atom. The highest BCUT2D eigenvalue weighted by Gasteiger charge is 2.22. The predicted octanol–water partition coefficient (Wildman–Crippen LogP) is 2.25. The molecule has 0 radical (unpaired) electrons. The van der Waals surface area contributed by atoms with Crippen LogP contribution < -0.4 is 5.32 Å². The van der Waals surface area contributed by atoms with Crippen LogP contribution in [0.5, 0.6) is 0 Å². The highest BCUT2D eigenvalue weighted by molar-refractivity contribution is 4.79. The Kier molecular flexibility index (Phi) is 4.45. The molecule has 2 heteroatoms. The van der Waals surface area contributed by atoms with Crippen LogP contribution in [0.3, 0.4) is 0 Å².